The Morgan fingerprint density at radius 1 is 1.20 bits per heavy atom. The molecule has 8 heteroatoms. The van der Waals surface area contributed by atoms with Crippen LogP contribution in [0, 0.1) is 25.6 Å². The summed E-state index contributed by atoms with van der Waals surface area (Å²) in [6.07, 6.45) is 1.22. The largest absolute Gasteiger partial charge is 0.491 e. The fourth-order valence-corrected chi connectivity index (χ4v) is 5.01. The molecule has 30 heavy (non-hydrogen) atoms. The van der Waals surface area contributed by atoms with E-state index >= 15 is 0 Å². The molecule has 0 saturated carbocycles. The fourth-order valence-electron chi connectivity index (χ4n) is 3.49. The highest BCUT2D eigenvalue weighted by Crippen LogP contribution is 2.24. The molecule has 0 unspecified atom stereocenters. The molecule has 1 atom stereocenters. The Hall–Kier alpha value is -2.45. The topological polar surface area (TPSA) is 75.7 Å². The molecular weight excluding hydrogens is 407 g/mol. The zero-order valence-corrected chi connectivity index (χ0v) is 18.0. The number of aryl methyl sites for hydroxylation is 1. The number of benzene rings is 2. The molecule has 0 aliphatic carbocycles. The maximum absolute atomic E-state index is 13.1. The van der Waals surface area contributed by atoms with Crippen LogP contribution in [-0.2, 0) is 14.8 Å². The molecule has 3 rings (SSSR count). The maximum atomic E-state index is 13.1. The fraction of sp³-hybridized carbons (Fsp3) is 0.409. The summed E-state index contributed by atoms with van der Waals surface area (Å²) in [7, 11) is -3.75. The number of nitrogens with one attached hydrogen (secondary N) is 1. The molecule has 1 aliphatic heterocycles. The minimum absolute atomic E-state index is 0.0342. The monoisotopic (exact) mass is 434 g/mol. The van der Waals surface area contributed by atoms with Gasteiger partial charge in [-0.15, -0.1) is 0 Å². The average Bonchev–Trinajstić information content (AvgIpc) is 2.74. The molecule has 1 amide bonds. The van der Waals surface area contributed by atoms with Crippen LogP contribution in [0.1, 0.15) is 24.0 Å². The van der Waals surface area contributed by atoms with E-state index in [-0.39, 0.29) is 17.3 Å². The second kappa shape index (κ2) is 9.57. The third kappa shape index (κ3) is 5.17. The van der Waals surface area contributed by atoms with E-state index in [0.717, 1.165) is 29.0 Å². The SMILES string of the molecule is Cc1cccc(OCCNC(=O)[C@@H]2CCCN(S(=O)(=O)c3ccc(F)cc3)C2)c1C. The zero-order valence-electron chi connectivity index (χ0n) is 17.2. The number of rotatable bonds is 7. The van der Waals surface area contributed by atoms with E-state index in [0.29, 0.717) is 32.5 Å². The lowest BCUT2D eigenvalue weighted by atomic mass is 9.99. The first-order chi connectivity index (χ1) is 14.3. The van der Waals surface area contributed by atoms with Gasteiger partial charge < -0.3 is 10.1 Å². The highest BCUT2D eigenvalue weighted by molar-refractivity contribution is 7.89. The highest BCUT2D eigenvalue weighted by atomic mass is 32.2. The van der Waals surface area contributed by atoms with E-state index in [1.807, 2.05) is 32.0 Å². The van der Waals surface area contributed by atoms with Crippen molar-refractivity contribution in [1.82, 2.24) is 9.62 Å². The van der Waals surface area contributed by atoms with Crippen LogP contribution in [0.3, 0.4) is 0 Å². The Kier molecular flexibility index (Phi) is 7.10. The summed E-state index contributed by atoms with van der Waals surface area (Å²) in [5.74, 6) is -0.306. The summed E-state index contributed by atoms with van der Waals surface area (Å²) in [5, 5.41) is 2.84. The van der Waals surface area contributed by atoms with Crippen molar-refractivity contribution in [2.24, 2.45) is 5.92 Å². The Morgan fingerprint density at radius 2 is 1.93 bits per heavy atom. The van der Waals surface area contributed by atoms with Crippen LogP contribution in [0.2, 0.25) is 0 Å². The number of carbonyl (C=O) groups is 1. The number of halogens is 1. The summed E-state index contributed by atoms with van der Waals surface area (Å²) in [6, 6.07) is 10.6. The lowest BCUT2D eigenvalue weighted by Crippen LogP contribution is -2.46. The highest BCUT2D eigenvalue weighted by Gasteiger charge is 2.33. The predicted molar refractivity (Wildman–Crippen MR) is 112 cm³/mol. The van der Waals surface area contributed by atoms with Crippen molar-refractivity contribution in [3.05, 3.63) is 59.4 Å². The molecule has 1 saturated heterocycles. The van der Waals surface area contributed by atoms with Crippen molar-refractivity contribution in [2.75, 3.05) is 26.2 Å². The van der Waals surface area contributed by atoms with Crippen LogP contribution in [0.4, 0.5) is 4.39 Å². The Balaban J connectivity index is 1.53. The van der Waals surface area contributed by atoms with Gasteiger partial charge >= 0.3 is 0 Å². The lowest BCUT2D eigenvalue weighted by Gasteiger charge is -2.31. The van der Waals surface area contributed by atoms with E-state index in [9.17, 15) is 17.6 Å². The van der Waals surface area contributed by atoms with Gasteiger partial charge in [0.25, 0.3) is 0 Å². The van der Waals surface area contributed by atoms with E-state index in [1.165, 1.54) is 16.4 Å². The van der Waals surface area contributed by atoms with E-state index in [1.54, 1.807) is 0 Å². The van der Waals surface area contributed by atoms with E-state index < -0.39 is 21.8 Å². The molecule has 1 N–H and O–H groups in total. The van der Waals surface area contributed by atoms with E-state index in [2.05, 4.69) is 5.32 Å². The van der Waals surface area contributed by atoms with Crippen molar-refractivity contribution in [2.45, 2.75) is 31.6 Å². The Morgan fingerprint density at radius 3 is 2.67 bits per heavy atom. The molecule has 0 radical (unpaired) electrons. The standard InChI is InChI=1S/C22H27FN2O4S/c1-16-5-3-7-21(17(16)2)29-14-12-24-22(26)18-6-4-13-25(15-18)30(27,28)20-10-8-19(23)9-11-20/h3,5,7-11,18H,4,6,12-15H2,1-2H3,(H,24,26)/t18-/m1/s1. The summed E-state index contributed by atoms with van der Waals surface area (Å²) < 4.78 is 45.8. The summed E-state index contributed by atoms with van der Waals surface area (Å²) in [4.78, 5) is 12.6. The number of amides is 1. The number of ether oxygens (including phenoxy) is 1. The van der Waals surface area contributed by atoms with Gasteiger partial charge in [-0.25, -0.2) is 12.8 Å². The molecule has 0 bridgehead atoms. The average molecular weight is 435 g/mol. The molecule has 1 fully saturated rings. The van der Waals surface area contributed by atoms with Crippen molar-refractivity contribution in [3.63, 3.8) is 0 Å². The number of hydrogen-bond acceptors (Lipinski definition) is 4. The minimum Gasteiger partial charge on any atom is -0.491 e. The summed E-state index contributed by atoms with van der Waals surface area (Å²) >= 11 is 0. The first kappa shape index (κ1) is 22.2. The molecule has 6 nitrogen and oxygen atoms in total. The minimum atomic E-state index is -3.75. The van der Waals surface area contributed by atoms with Crippen LogP contribution >= 0.6 is 0 Å². The molecule has 1 heterocycles. The van der Waals surface area contributed by atoms with Crippen LogP contribution in [0.5, 0.6) is 5.75 Å². The molecule has 162 valence electrons. The number of hydrogen-bond donors (Lipinski definition) is 1. The molecular formula is C22H27FN2O4S. The number of nitrogens with zero attached hydrogens (tertiary/aromatic N) is 1. The maximum Gasteiger partial charge on any atom is 0.243 e. The van der Waals surface area contributed by atoms with Gasteiger partial charge in [0.15, 0.2) is 0 Å². The Labute approximate surface area is 177 Å². The summed E-state index contributed by atoms with van der Waals surface area (Å²) in [5.41, 5.74) is 2.21. The smallest absolute Gasteiger partial charge is 0.243 e. The zero-order chi connectivity index (χ0) is 21.7. The normalized spacial score (nSPS) is 17.5. The van der Waals surface area contributed by atoms with Gasteiger partial charge in [-0.1, -0.05) is 12.1 Å². The number of sulfonamides is 1. The molecule has 0 spiro atoms. The summed E-state index contributed by atoms with van der Waals surface area (Å²) in [6.45, 7) is 5.14. The van der Waals surface area contributed by atoms with Gasteiger partial charge in [-0.05, 0) is 68.1 Å². The van der Waals surface area contributed by atoms with Gasteiger partial charge in [-0.2, -0.15) is 4.31 Å². The van der Waals surface area contributed by atoms with Crippen molar-refractivity contribution >= 4 is 15.9 Å². The molecule has 0 aromatic heterocycles. The van der Waals surface area contributed by atoms with Gasteiger partial charge in [0.05, 0.1) is 17.4 Å². The number of piperidine rings is 1. The second-order valence-corrected chi connectivity index (χ2v) is 9.43. The third-order valence-corrected chi connectivity index (χ3v) is 7.30. The van der Waals surface area contributed by atoms with Gasteiger partial charge in [0, 0.05) is 13.1 Å². The van der Waals surface area contributed by atoms with Gasteiger partial charge in [0.2, 0.25) is 15.9 Å². The molecule has 1 aliphatic rings. The van der Waals surface area contributed by atoms with E-state index in [4.69, 9.17) is 4.74 Å². The predicted octanol–water partition coefficient (Wildman–Crippen LogP) is 3.04. The first-order valence-electron chi connectivity index (χ1n) is 10.0. The third-order valence-electron chi connectivity index (χ3n) is 5.42. The van der Waals surface area contributed by atoms with Crippen LogP contribution in [0.15, 0.2) is 47.4 Å². The molecule has 2 aromatic carbocycles. The molecule has 2 aromatic rings. The van der Waals surface area contributed by atoms with Crippen molar-refractivity contribution in [1.29, 1.82) is 0 Å². The lowest BCUT2D eigenvalue weighted by molar-refractivity contribution is -0.126. The first-order valence-corrected chi connectivity index (χ1v) is 11.5. The van der Waals surface area contributed by atoms with Gasteiger partial charge in [0.1, 0.15) is 18.2 Å². The van der Waals surface area contributed by atoms with Crippen LogP contribution < -0.4 is 10.1 Å². The number of carbonyl (C=O) groups excluding carboxylic acids is 1. The second-order valence-electron chi connectivity index (χ2n) is 7.49. The quantitative estimate of drug-likeness (QED) is 0.680. The van der Waals surface area contributed by atoms with Gasteiger partial charge in [-0.3, -0.25) is 4.79 Å². The van der Waals surface area contributed by atoms with Crippen molar-refractivity contribution in [3.8, 4) is 5.75 Å². The van der Waals surface area contributed by atoms with Crippen LogP contribution in [0.25, 0.3) is 0 Å². The Bertz CT molecular complexity index is 993. The van der Waals surface area contributed by atoms with Crippen LogP contribution in [-0.4, -0.2) is 44.9 Å². The van der Waals surface area contributed by atoms with Crippen molar-refractivity contribution < 1.29 is 22.3 Å².